The van der Waals surface area contributed by atoms with Crippen molar-refractivity contribution in [3.8, 4) is 6.07 Å². The van der Waals surface area contributed by atoms with Gasteiger partial charge in [0.25, 0.3) is 5.56 Å². The average molecular weight is 488 g/mol. The first-order chi connectivity index (χ1) is 16.3. The fourth-order valence-electron chi connectivity index (χ4n) is 2.98. The van der Waals surface area contributed by atoms with Crippen molar-refractivity contribution in [2.75, 3.05) is 51.1 Å². The normalized spacial score (nSPS) is 12.3. The Morgan fingerprint density at radius 2 is 2.03 bits per heavy atom. The van der Waals surface area contributed by atoms with E-state index in [0.717, 1.165) is 11.3 Å². The van der Waals surface area contributed by atoms with E-state index in [1.165, 1.54) is 10.8 Å². The van der Waals surface area contributed by atoms with Crippen molar-refractivity contribution in [3.63, 3.8) is 0 Å². The van der Waals surface area contributed by atoms with E-state index in [9.17, 15) is 19.6 Å². The van der Waals surface area contributed by atoms with E-state index in [0.29, 0.717) is 35.6 Å². The summed E-state index contributed by atoms with van der Waals surface area (Å²) in [6, 6.07) is 8.91. The topological polar surface area (TPSA) is 126 Å². The summed E-state index contributed by atoms with van der Waals surface area (Å²) in [6.07, 6.45) is 1.52. The van der Waals surface area contributed by atoms with E-state index in [2.05, 4.69) is 10.6 Å². The van der Waals surface area contributed by atoms with Crippen LogP contribution in [0.25, 0.3) is 11.8 Å². The maximum absolute atomic E-state index is 12.8. The average Bonchev–Trinajstić information content (AvgIpc) is 3.12. The molecule has 10 nitrogen and oxygen atoms in total. The molecule has 0 atom stereocenters. The maximum Gasteiger partial charge on any atom is 0.351 e. The molecule has 2 aromatic rings. The number of anilines is 2. The van der Waals surface area contributed by atoms with Crippen LogP contribution in [0, 0.1) is 11.3 Å². The first-order valence-corrected chi connectivity index (χ1v) is 11.5. The predicted octanol–water partition coefficient (Wildman–Crippen LogP) is 0.534. The van der Waals surface area contributed by atoms with Crippen LogP contribution in [0.4, 0.5) is 11.4 Å². The maximum atomic E-state index is 12.8. The number of nitrogens with one attached hydrogen (secondary N) is 2. The molecule has 2 N–H and O–H groups in total. The van der Waals surface area contributed by atoms with Gasteiger partial charge in [0.05, 0.1) is 19.8 Å². The number of hydrogen-bond donors (Lipinski definition) is 2. The van der Waals surface area contributed by atoms with Crippen LogP contribution >= 0.6 is 11.3 Å². The molecule has 0 saturated heterocycles. The third kappa shape index (κ3) is 7.28. The number of nitrogens with zero attached hydrogens (tertiary/aromatic N) is 3. The van der Waals surface area contributed by atoms with Crippen LogP contribution in [0.2, 0.25) is 0 Å². The van der Waals surface area contributed by atoms with Crippen molar-refractivity contribution < 1.29 is 19.1 Å². The molecule has 0 aliphatic heterocycles. The molecule has 1 amide bonds. The van der Waals surface area contributed by atoms with Gasteiger partial charge in [-0.05, 0) is 39.1 Å². The SMILES string of the molecule is CCOC(=O)C(C#N)=c1sc(=CNc2cccc(NC(=O)CN(C)CCOC)c2)c(=O)n1CC. The molecule has 2 rings (SSSR count). The second-order valence-corrected chi connectivity index (χ2v) is 8.21. The second kappa shape index (κ2) is 13.3. The Kier molecular flexibility index (Phi) is 10.5. The Hall–Kier alpha value is -3.46. The largest absolute Gasteiger partial charge is 0.462 e. The summed E-state index contributed by atoms with van der Waals surface area (Å²) in [6.45, 7) is 5.23. The van der Waals surface area contributed by atoms with Gasteiger partial charge in [-0.1, -0.05) is 6.07 Å². The van der Waals surface area contributed by atoms with Gasteiger partial charge in [-0.3, -0.25) is 19.1 Å². The number of ether oxygens (including phenoxy) is 2. The number of hydrogen-bond acceptors (Lipinski definition) is 9. The Labute approximate surface area is 201 Å². The summed E-state index contributed by atoms with van der Waals surface area (Å²) in [5.74, 6) is -0.920. The number of nitriles is 1. The van der Waals surface area contributed by atoms with Gasteiger partial charge >= 0.3 is 5.97 Å². The van der Waals surface area contributed by atoms with Gasteiger partial charge in [0, 0.05) is 37.8 Å². The standard InChI is InChI=1S/C23H29N5O5S/c1-5-28-21(30)19(34-22(28)18(13-24)23(31)33-6-2)14-25-16-8-7-9-17(12-16)26-20(29)15-27(3)10-11-32-4/h7-9,12,14,25H,5-6,10-11,15H2,1-4H3,(H,26,29). The molecule has 34 heavy (non-hydrogen) atoms. The lowest BCUT2D eigenvalue weighted by molar-refractivity contribution is -0.136. The number of thiazole rings is 1. The van der Waals surface area contributed by atoms with E-state index >= 15 is 0 Å². The lowest BCUT2D eigenvalue weighted by Gasteiger charge is -2.15. The number of benzene rings is 1. The monoisotopic (exact) mass is 487 g/mol. The minimum atomic E-state index is -0.760. The van der Waals surface area contributed by atoms with Crippen LogP contribution in [-0.4, -0.2) is 61.8 Å². The summed E-state index contributed by atoms with van der Waals surface area (Å²) >= 11 is 1.03. The van der Waals surface area contributed by atoms with E-state index in [1.807, 2.05) is 18.0 Å². The Balaban J connectivity index is 2.26. The molecule has 1 aromatic heterocycles. The number of rotatable bonds is 11. The Morgan fingerprint density at radius 3 is 2.68 bits per heavy atom. The smallest absolute Gasteiger partial charge is 0.351 e. The number of likely N-dealkylation sites (N-methyl/N-ethyl adjacent to an activating group) is 1. The van der Waals surface area contributed by atoms with E-state index in [1.54, 1.807) is 45.2 Å². The second-order valence-electron chi connectivity index (χ2n) is 7.18. The highest BCUT2D eigenvalue weighted by Gasteiger charge is 2.16. The molecule has 0 aliphatic rings. The number of aromatic nitrogens is 1. The van der Waals surface area contributed by atoms with E-state index in [-0.39, 0.29) is 34.9 Å². The lowest BCUT2D eigenvalue weighted by atomic mass is 10.2. The summed E-state index contributed by atoms with van der Waals surface area (Å²) in [7, 11) is 3.44. The summed E-state index contributed by atoms with van der Waals surface area (Å²) in [4.78, 5) is 39.0. The minimum Gasteiger partial charge on any atom is -0.462 e. The van der Waals surface area contributed by atoms with Crippen LogP contribution in [0.15, 0.2) is 29.1 Å². The molecule has 1 heterocycles. The number of methoxy groups -OCH3 is 1. The van der Waals surface area contributed by atoms with Crippen molar-refractivity contribution in [2.45, 2.75) is 20.4 Å². The Morgan fingerprint density at radius 1 is 1.29 bits per heavy atom. The van der Waals surface area contributed by atoms with Crippen molar-refractivity contribution in [2.24, 2.45) is 0 Å². The number of carbonyl (C=O) groups excluding carboxylic acids is 2. The van der Waals surface area contributed by atoms with Crippen molar-refractivity contribution in [1.29, 1.82) is 5.26 Å². The van der Waals surface area contributed by atoms with Crippen molar-refractivity contribution in [3.05, 3.63) is 43.8 Å². The fourth-order valence-corrected chi connectivity index (χ4v) is 4.06. The van der Waals surface area contributed by atoms with E-state index in [4.69, 9.17) is 9.47 Å². The van der Waals surface area contributed by atoms with Gasteiger partial charge < -0.3 is 20.1 Å². The molecule has 0 radical (unpaired) electrons. The van der Waals surface area contributed by atoms with Crippen LogP contribution in [0.3, 0.4) is 0 Å². The third-order valence-electron chi connectivity index (χ3n) is 4.64. The van der Waals surface area contributed by atoms with Gasteiger partial charge in [0.15, 0.2) is 5.57 Å². The molecule has 0 fully saturated rings. The van der Waals surface area contributed by atoms with Crippen LogP contribution in [0.1, 0.15) is 13.8 Å². The molecule has 11 heteroatoms. The van der Waals surface area contributed by atoms with Crippen LogP contribution < -0.4 is 25.4 Å². The quantitative estimate of drug-likeness (QED) is 0.440. The van der Waals surface area contributed by atoms with Crippen LogP contribution in [-0.2, 0) is 25.6 Å². The zero-order valence-corrected chi connectivity index (χ0v) is 20.5. The van der Waals surface area contributed by atoms with Crippen LogP contribution in [0.5, 0.6) is 0 Å². The highest BCUT2D eigenvalue weighted by Crippen LogP contribution is 2.15. The molecule has 1 aromatic carbocycles. The zero-order chi connectivity index (χ0) is 25.1. The highest BCUT2D eigenvalue weighted by atomic mass is 32.1. The fraction of sp³-hybridized carbons (Fsp3) is 0.391. The minimum absolute atomic E-state index is 0.128. The third-order valence-corrected chi connectivity index (χ3v) is 5.77. The molecule has 0 saturated carbocycles. The van der Waals surface area contributed by atoms with Gasteiger partial charge in [-0.15, -0.1) is 11.3 Å². The van der Waals surface area contributed by atoms with Gasteiger partial charge in [0.1, 0.15) is 15.3 Å². The number of amides is 1. The molecule has 0 spiro atoms. The molecule has 182 valence electrons. The molecular weight excluding hydrogens is 458 g/mol. The summed E-state index contributed by atoms with van der Waals surface area (Å²) < 4.78 is 11.9. The van der Waals surface area contributed by atoms with Gasteiger partial charge in [-0.25, -0.2) is 4.79 Å². The van der Waals surface area contributed by atoms with Gasteiger partial charge in [-0.2, -0.15) is 5.26 Å². The highest BCUT2D eigenvalue weighted by molar-refractivity contribution is 7.07. The van der Waals surface area contributed by atoms with Crippen molar-refractivity contribution in [1.82, 2.24) is 9.47 Å². The summed E-state index contributed by atoms with van der Waals surface area (Å²) in [5.41, 5.74) is 0.725. The molecule has 0 unspecified atom stereocenters. The van der Waals surface area contributed by atoms with Gasteiger partial charge in [0.2, 0.25) is 5.91 Å². The number of esters is 1. The zero-order valence-electron chi connectivity index (χ0n) is 19.7. The summed E-state index contributed by atoms with van der Waals surface area (Å²) in [5, 5.41) is 15.3. The first kappa shape index (κ1) is 26.8. The predicted molar refractivity (Wildman–Crippen MR) is 132 cm³/mol. The number of carbonyl (C=O) groups is 2. The van der Waals surface area contributed by atoms with Crippen molar-refractivity contribution >= 4 is 46.4 Å². The molecule has 0 aliphatic carbocycles. The lowest BCUT2D eigenvalue weighted by Crippen LogP contribution is -2.32. The molecule has 0 bridgehead atoms. The first-order valence-electron chi connectivity index (χ1n) is 10.7. The molecular formula is C23H29N5O5S. The van der Waals surface area contributed by atoms with E-state index < -0.39 is 5.97 Å². The Bertz CT molecular complexity index is 1230.